The Balaban J connectivity index is 1.96. The number of aryl methyl sites for hydroxylation is 1. The number of aliphatic hydroxyl groups is 1. The zero-order chi connectivity index (χ0) is 14.4. The van der Waals surface area contributed by atoms with E-state index in [-0.39, 0.29) is 12.4 Å². The lowest BCUT2D eigenvalue weighted by molar-refractivity contribution is 0.276. The van der Waals surface area contributed by atoms with Gasteiger partial charge in [0.1, 0.15) is 17.3 Å². The fourth-order valence-corrected chi connectivity index (χ4v) is 1.76. The summed E-state index contributed by atoms with van der Waals surface area (Å²) in [6.07, 6.45) is 2.45. The second kappa shape index (κ2) is 6.85. The van der Waals surface area contributed by atoms with Gasteiger partial charge in [0.25, 0.3) is 0 Å². The summed E-state index contributed by atoms with van der Waals surface area (Å²) < 4.78 is 19.8. The van der Waals surface area contributed by atoms with Gasteiger partial charge in [-0.15, -0.1) is 5.10 Å². The van der Waals surface area contributed by atoms with Crippen LogP contribution in [0.15, 0.2) is 24.4 Å². The van der Waals surface area contributed by atoms with Crippen molar-refractivity contribution in [2.45, 2.75) is 19.5 Å². The molecule has 7 heteroatoms. The van der Waals surface area contributed by atoms with Gasteiger partial charge in [-0.2, -0.15) is 0 Å². The molecular formula is C13H17FN4O2. The molecule has 108 valence electrons. The number of benzene rings is 1. The van der Waals surface area contributed by atoms with Crippen molar-refractivity contribution in [2.75, 3.05) is 19.0 Å². The number of methoxy groups -OCH3 is 1. The second-order valence-electron chi connectivity index (χ2n) is 4.25. The van der Waals surface area contributed by atoms with Crippen LogP contribution in [0.2, 0.25) is 0 Å². The predicted octanol–water partition coefficient (Wildman–Crippen LogP) is 1.42. The zero-order valence-corrected chi connectivity index (χ0v) is 11.2. The monoisotopic (exact) mass is 280 g/mol. The van der Waals surface area contributed by atoms with Crippen molar-refractivity contribution in [3.05, 3.63) is 35.9 Å². The summed E-state index contributed by atoms with van der Waals surface area (Å²) in [5.41, 5.74) is 1.45. The molecule has 0 atom stereocenters. The maximum absolute atomic E-state index is 13.1. The van der Waals surface area contributed by atoms with Crippen LogP contribution in [-0.4, -0.2) is 33.8 Å². The molecule has 0 fully saturated rings. The molecule has 0 spiro atoms. The highest BCUT2D eigenvalue weighted by molar-refractivity contribution is 5.56. The number of aliphatic hydroxyl groups excluding tert-OH is 1. The number of rotatable bonds is 7. The lowest BCUT2D eigenvalue weighted by atomic mass is 10.2. The number of nitrogens with one attached hydrogen (secondary N) is 1. The van der Waals surface area contributed by atoms with Crippen molar-refractivity contribution in [2.24, 2.45) is 0 Å². The highest BCUT2D eigenvalue weighted by Gasteiger charge is 2.06. The molecule has 0 saturated heterocycles. The molecule has 20 heavy (non-hydrogen) atoms. The number of hydrogen-bond acceptors (Lipinski definition) is 5. The Labute approximate surface area is 116 Å². The third-order valence-corrected chi connectivity index (χ3v) is 2.75. The molecule has 0 amide bonds. The van der Waals surface area contributed by atoms with Crippen LogP contribution < -0.4 is 10.1 Å². The molecule has 1 aromatic carbocycles. The summed E-state index contributed by atoms with van der Waals surface area (Å²) >= 11 is 0. The van der Waals surface area contributed by atoms with Gasteiger partial charge in [0, 0.05) is 19.2 Å². The minimum Gasteiger partial charge on any atom is -0.494 e. The van der Waals surface area contributed by atoms with E-state index in [1.54, 1.807) is 16.9 Å². The van der Waals surface area contributed by atoms with Gasteiger partial charge in [-0.1, -0.05) is 5.21 Å². The molecule has 6 nitrogen and oxygen atoms in total. The fraction of sp³-hybridized carbons (Fsp3) is 0.385. The first-order valence-corrected chi connectivity index (χ1v) is 6.30. The third kappa shape index (κ3) is 3.67. The molecule has 1 heterocycles. The summed E-state index contributed by atoms with van der Waals surface area (Å²) in [4.78, 5) is 0. The highest BCUT2D eigenvalue weighted by Crippen LogP contribution is 2.25. The molecule has 2 aromatic rings. The van der Waals surface area contributed by atoms with Crippen LogP contribution >= 0.6 is 0 Å². The number of hydrogen-bond donors (Lipinski definition) is 2. The number of aromatic nitrogens is 3. The van der Waals surface area contributed by atoms with Gasteiger partial charge in [-0.05, 0) is 18.6 Å². The van der Waals surface area contributed by atoms with Crippen molar-refractivity contribution < 1.29 is 14.2 Å². The van der Waals surface area contributed by atoms with Gasteiger partial charge in [-0.25, -0.2) is 4.39 Å². The molecule has 0 aliphatic carbocycles. The van der Waals surface area contributed by atoms with Gasteiger partial charge < -0.3 is 15.2 Å². The topological polar surface area (TPSA) is 72.2 Å². The molecule has 0 saturated carbocycles. The van der Waals surface area contributed by atoms with Crippen LogP contribution in [0.4, 0.5) is 10.1 Å². The second-order valence-corrected chi connectivity index (χ2v) is 4.25. The largest absolute Gasteiger partial charge is 0.494 e. The first kappa shape index (κ1) is 14.3. The molecule has 0 aliphatic rings. The minimum absolute atomic E-state index is 0.125. The molecule has 2 N–H and O–H groups in total. The third-order valence-electron chi connectivity index (χ3n) is 2.75. The smallest absolute Gasteiger partial charge is 0.144 e. The lowest BCUT2D eigenvalue weighted by Crippen LogP contribution is -2.02. The summed E-state index contributed by atoms with van der Waals surface area (Å²) in [6, 6.07) is 4.30. The van der Waals surface area contributed by atoms with Gasteiger partial charge in [0.05, 0.1) is 25.5 Å². The Morgan fingerprint density at radius 2 is 2.30 bits per heavy atom. The summed E-state index contributed by atoms with van der Waals surface area (Å²) in [6.45, 7) is 1.21. The number of anilines is 1. The molecular weight excluding hydrogens is 263 g/mol. The first-order chi connectivity index (χ1) is 9.72. The summed E-state index contributed by atoms with van der Waals surface area (Å²) in [5, 5.41) is 19.8. The quantitative estimate of drug-likeness (QED) is 0.802. The Hall–Kier alpha value is -2.15. The van der Waals surface area contributed by atoms with E-state index in [9.17, 15) is 4.39 Å². The van der Waals surface area contributed by atoms with Gasteiger partial charge in [0.2, 0.25) is 0 Å². The Morgan fingerprint density at radius 1 is 1.45 bits per heavy atom. The van der Waals surface area contributed by atoms with Crippen molar-refractivity contribution in [3.8, 4) is 5.75 Å². The first-order valence-electron chi connectivity index (χ1n) is 6.30. The molecule has 0 unspecified atom stereocenters. The molecule has 0 aliphatic heterocycles. The van der Waals surface area contributed by atoms with E-state index in [0.717, 1.165) is 5.69 Å². The fourth-order valence-electron chi connectivity index (χ4n) is 1.76. The van der Waals surface area contributed by atoms with Gasteiger partial charge in [0.15, 0.2) is 0 Å². The SMILES string of the molecule is COc1cc(F)ccc1NCc1cn(CCCO)nn1. The van der Waals surface area contributed by atoms with Crippen molar-refractivity contribution in [1.82, 2.24) is 15.0 Å². The van der Waals surface area contributed by atoms with E-state index in [1.165, 1.54) is 19.2 Å². The van der Waals surface area contributed by atoms with Crippen LogP contribution in [0.5, 0.6) is 5.75 Å². The van der Waals surface area contributed by atoms with E-state index in [2.05, 4.69) is 15.6 Å². The van der Waals surface area contributed by atoms with E-state index in [0.29, 0.717) is 30.9 Å². The van der Waals surface area contributed by atoms with E-state index in [4.69, 9.17) is 9.84 Å². The van der Waals surface area contributed by atoms with Gasteiger partial charge >= 0.3 is 0 Å². The Kier molecular flexibility index (Phi) is 4.89. The maximum Gasteiger partial charge on any atom is 0.144 e. The van der Waals surface area contributed by atoms with Crippen molar-refractivity contribution >= 4 is 5.69 Å². The van der Waals surface area contributed by atoms with Crippen LogP contribution in [0, 0.1) is 5.82 Å². The average molecular weight is 280 g/mol. The van der Waals surface area contributed by atoms with Crippen LogP contribution in [0.1, 0.15) is 12.1 Å². The normalized spacial score (nSPS) is 10.6. The standard InChI is InChI=1S/C13H17FN4O2/c1-20-13-7-10(14)3-4-12(13)15-8-11-9-18(17-16-11)5-2-6-19/h3-4,7,9,15,19H,2,5-6,8H2,1H3. The lowest BCUT2D eigenvalue weighted by Gasteiger charge is -2.09. The predicted molar refractivity (Wildman–Crippen MR) is 72.0 cm³/mol. The molecule has 2 rings (SSSR count). The minimum atomic E-state index is -0.345. The zero-order valence-electron chi connectivity index (χ0n) is 11.2. The average Bonchev–Trinajstić information content (AvgIpc) is 2.91. The Morgan fingerprint density at radius 3 is 3.05 bits per heavy atom. The Bertz CT molecular complexity index is 559. The highest BCUT2D eigenvalue weighted by atomic mass is 19.1. The summed E-state index contributed by atoms with van der Waals surface area (Å²) in [5.74, 6) is 0.0972. The summed E-state index contributed by atoms with van der Waals surface area (Å²) in [7, 11) is 1.49. The van der Waals surface area contributed by atoms with Crippen molar-refractivity contribution in [1.29, 1.82) is 0 Å². The number of halogens is 1. The van der Waals surface area contributed by atoms with E-state index < -0.39 is 0 Å². The van der Waals surface area contributed by atoms with E-state index in [1.807, 2.05) is 0 Å². The molecule has 1 aromatic heterocycles. The number of ether oxygens (including phenoxy) is 1. The van der Waals surface area contributed by atoms with Crippen molar-refractivity contribution in [3.63, 3.8) is 0 Å². The molecule has 0 radical (unpaired) electrons. The van der Waals surface area contributed by atoms with E-state index >= 15 is 0 Å². The maximum atomic E-state index is 13.1. The van der Waals surface area contributed by atoms with Crippen LogP contribution in [0.25, 0.3) is 0 Å². The van der Waals surface area contributed by atoms with Gasteiger partial charge in [-0.3, -0.25) is 4.68 Å². The molecule has 0 bridgehead atoms. The van der Waals surface area contributed by atoms with Crippen LogP contribution in [0.3, 0.4) is 0 Å². The van der Waals surface area contributed by atoms with Crippen LogP contribution in [-0.2, 0) is 13.1 Å². The number of nitrogens with zero attached hydrogens (tertiary/aromatic N) is 3.